The van der Waals surface area contributed by atoms with Gasteiger partial charge in [0.05, 0.1) is 14.2 Å². The number of anilines is 1. The lowest BCUT2D eigenvalue weighted by atomic mass is 10.1. The van der Waals surface area contributed by atoms with Gasteiger partial charge in [-0.25, -0.2) is 10.9 Å². The number of carbonyl (C=O) groups excluding carboxylic acids is 1. The lowest BCUT2D eigenvalue weighted by Crippen LogP contribution is -2.50. The molecule has 1 aliphatic rings. The van der Waals surface area contributed by atoms with E-state index in [1.54, 1.807) is 20.3 Å². The van der Waals surface area contributed by atoms with E-state index in [-0.39, 0.29) is 12.1 Å². The zero-order chi connectivity index (χ0) is 19.9. The Bertz CT molecular complexity index is 797. The molecule has 0 radical (unpaired) electrons. The smallest absolute Gasteiger partial charge is 0.242 e. The standard InChI is InChI=1S/C20H27N5O3/c1-4-13-5-8-15(9-6-13)22-19-18(23-25-24-19)20(26)21-12-14-7-10-16(27-2)11-17(14)28-3/h5-11,18-19,22-25H,4,12H2,1-3H3,(H,21,26). The van der Waals surface area contributed by atoms with Crippen LogP contribution in [0.4, 0.5) is 5.69 Å². The predicted molar refractivity (Wildman–Crippen MR) is 108 cm³/mol. The lowest BCUT2D eigenvalue weighted by molar-refractivity contribution is -0.123. The first-order valence-corrected chi connectivity index (χ1v) is 9.24. The van der Waals surface area contributed by atoms with Gasteiger partial charge in [-0.2, -0.15) is 5.53 Å². The second kappa shape index (κ2) is 9.41. The summed E-state index contributed by atoms with van der Waals surface area (Å²) in [6.07, 6.45) is 0.690. The van der Waals surface area contributed by atoms with Crippen molar-refractivity contribution in [2.45, 2.75) is 32.1 Å². The van der Waals surface area contributed by atoms with Crippen molar-refractivity contribution in [3.05, 3.63) is 53.6 Å². The number of ether oxygens (including phenoxy) is 2. The first-order chi connectivity index (χ1) is 13.6. The fourth-order valence-corrected chi connectivity index (χ4v) is 3.01. The van der Waals surface area contributed by atoms with Gasteiger partial charge < -0.3 is 20.1 Å². The van der Waals surface area contributed by atoms with E-state index in [4.69, 9.17) is 9.47 Å². The van der Waals surface area contributed by atoms with Gasteiger partial charge in [-0.3, -0.25) is 4.79 Å². The predicted octanol–water partition coefficient (Wildman–Crippen LogP) is 1.30. The zero-order valence-corrected chi connectivity index (χ0v) is 16.3. The molecule has 1 fully saturated rings. The van der Waals surface area contributed by atoms with Crippen molar-refractivity contribution < 1.29 is 14.3 Å². The molecule has 0 bridgehead atoms. The van der Waals surface area contributed by atoms with E-state index in [1.165, 1.54) is 5.56 Å². The molecule has 0 spiro atoms. The lowest BCUT2D eigenvalue weighted by Gasteiger charge is -2.20. The highest BCUT2D eigenvalue weighted by Crippen LogP contribution is 2.24. The summed E-state index contributed by atoms with van der Waals surface area (Å²) in [5.74, 6) is 1.23. The minimum atomic E-state index is -0.491. The molecule has 2 aromatic rings. The zero-order valence-electron chi connectivity index (χ0n) is 16.3. The number of nitrogens with one attached hydrogen (secondary N) is 5. The molecule has 2 atom stereocenters. The first-order valence-electron chi connectivity index (χ1n) is 9.24. The Morgan fingerprint density at radius 3 is 2.54 bits per heavy atom. The van der Waals surface area contributed by atoms with E-state index < -0.39 is 6.04 Å². The van der Waals surface area contributed by atoms with Crippen LogP contribution in [-0.4, -0.2) is 32.3 Å². The van der Waals surface area contributed by atoms with Gasteiger partial charge in [0.1, 0.15) is 23.7 Å². The van der Waals surface area contributed by atoms with E-state index >= 15 is 0 Å². The van der Waals surface area contributed by atoms with Crippen LogP contribution in [0.15, 0.2) is 42.5 Å². The van der Waals surface area contributed by atoms with Crippen LogP contribution in [0.3, 0.4) is 0 Å². The quantitative estimate of drug-likeness (QED) is 0.467. The minimum absolute atomic E-state index is 0.141. The van der Waals surface area contributed by atoms with Crippen molar-refractivity contribution in [1.82, 2.24) is 21.7 Å². The van der Waals surface area contributed by atoms with Crippen molar-refractivity contribution in [2.24, 2.45) is 0 Å². The number of benzene rings is 2. The van der Waals surface area contributed by atoms with E-state index in [1.807, 2.05) is 24.3 Å². The highest BCUT2D eigenvalue weighted by Gasteiger charge is 2.32. The summed E-state index contributed by atoms with van der Waals surface area (Å²) in [6.45, 7) is 2.47. The molecule has 0 aliphatic carbocycles. The van der Waals surface area contributed by atoms with Crippen molar-refractivity contribution >= 4 is 11.6 Å². The minimum Gasteiger partial charge on any atom is -0.497 e. The number of methoxy groups -OCH3 is 2. The molecule has 2 aromatic carbocycles. The summed E-state index contributed by atoms with van der Waals surface area (Å²) < 4.78 is 10.6. The average Bonchev–Trinajstić information content (AvgIpc) is 3.20. The molecule has 150 valence electrons. The summed E-state index contributed by atoms with van der Waals surface area (Å²) in [5.41, 5.74) is 11.9. The monoisotopic (exact) mass is 385 g/mol. The van der Waals surface area contributed by atoms with Gasteiger partial charge in [0.15, 0.2) is 0 Å². The summed E-state index contributed by atoms with van der Waals surface area (Å²) >= 11 is 0. The molecule has 1 heterocycles. The Labute approximate surface area is 164 Å². The molecule has 2 unspecified atom stereocenters. The molecule has 8 heteroatoms. The van der Waals surface area contributed by atoms with E-state index in [0.717, 1.165) is 17.7 Å². The van der Waals surface area contributed by atoms with Crippen LogP contribution in [0.25, 0.3) is 0 Å². The molecule has 3 rings (SSSR count). The second-order valence-corrected chi connectivity index (χ2v) is 6.46. The number of aryl methyl sites for hydroxylation is 1. The molecule has 1 amide bonds. The summed E-state index contributed by atoms with van der Waals surface area (Å²) in [7, 11) is 3.20. The second-order valence-electron chi connectivity index (χ2n) is 6.46. The number of carbonyl (C=O) groups is 1. The van der Waals surface area contributed by atoms with Crippen LogP contribution in [0.1, 0.15) is 18.1 Å². The maximum Gasteiger partial charge on any atom is 0.242 e. The van der Waals surface area contributed by atoms with E-state index in [0.29, 0.717) is 18.0 Å². The summed E-state index contributed by atoms with van der Waals surface area (Å²) in [6, 6.07) is 13.2. The summed E-state index contributed by atoms with van der Waals surface area (Å²) in [4.78, 5) is 12.7. The topological polar surface area (TPSA) is 95.7 Å². The van der Waals surface area contributed by atoms with Gasteiger partial charge >= 0.3 is 0 Å². The highest BCUT2D eigenvalue weighted by atomic mass is 16.5. The largest absolute Gasteiger partial charge is 0.497 e. The van der Waals surface area contributed by atoms with Crippen molar-refractivity contribution in [2.75, 3.05) is 19.5 Å². The Morgan fingerprint density at radius 2 is 1.86 bits per heavy atom. The van der Waals surface area contributed by atoms with Crippen molar-refractivity contribution in [3.8, 4) is 11.5 Å². The Hall–Kier alpha value is -2.81. The molecule has 1 saturated heterocycles. The van der Waals surface area contributed by atoms with Crippen molar-refractivity contribution in [1.29, 1.82) is 0 Å². The SMILES string of the molecule is CCc1ccc(NC2NNNC2C(=O)NCc2ccc(OC)cc2OC)cc1. The van der Waals surface area contributed by atoms with E-state index in [9.17, 15) is 4.79 Å². The Balaban J connectivity index is 1.60. The van der Waals surface area contributed by atoms with Gasteiger partial charge in [0, 0.05) is 23.9 Å². The third-order valence-corrected chi connectivity index (χ3v) is 4.70. The molecular weight excluding hydrogens is 358 g/mol. The van der Waals surface area contributed by atoms with Crippen LogP contribution in [0.5, 0.6) is 11.5 Å². The third-order valence-electron chi connectivity index (χ3n) is 4.70. The number of hydrogen-bond donors (Lipinski definition) is 5. The molecular formula is C20H27N5O3. The van der Waals surface area contributed by atoms with Gasteiger partial charge in [-0.1, -0.05) is 19.1 Å². The summed E-state index contributed by atoms with van der Waals surface area (Å²) in [5, 5.41) is 6.27. The number of amides is 1. The number of rotatable bonds is 8. The van der Waals surface area contributed by atoms with Gasteiger partial charge in [-0.15, -0.1) is 0 Å². The fraction of sp³-hybridized carbons (Fsp3) is 0.350. The Kier molecular flexibility index (Phi) is 6.70. The normalized spacial score (nSPS) is 18.5. The molecule has 0 saturated carbocycles. The highest BCUT2D eigenvalue weighted by molar-refractivity contribution is 5.83. The average molecular weight is 385 g/mol. The Morgan fingerprint density at radius 1 is 1.07 bits per heavy atom. The van der Waals surface area contributed by atoms with Crippen molar-refractivity contribution in [3.63, 3.8) is 0 Å². The maximum absolute atomic E-state index is 12.7. The molecule has 28 heavy (non-hydrogen) atoms. The van der Waals surface area contributed by atoms with E-state index in [2.05, 4.69) is 46.1 Å². The van der Waals surface area contributed by atoms with Gasteiger partial charge in [0.25, 0.3) is 0 Å². The van der Waals surface area contributed by atoms with Crippen LogP contribution in [-0.2, 0) is 17.8 Å². The molecule has 8 nitrogen and oxygen atoms in total. The van der Waals surface area contributed by atoms with Crippen LogP contribution < -0.4 is 36.5 Å². The first kappa shape index (κ1) is 19.9. The number of hydrogen-bond acceptors (Lipinski definition) is 7. The van der Waals surface area contributed by atoms with Gasteiger partial charge in [-0.05, 0) is 36.2 Å². The molecule has 5 N–H and O–H groups in total. The fourth-order valence-electron chi connectivity index (χ4n) is 3.01. The maximum atomic E-state index is 12.7. The van der Waals surface area contributed by atoms with Gasteiger partial charge in [0.2, 0.25) is 5.91 Å². The van der Waals surface area contributed by atoms with Crippen LogP contribution >= 0.6 is 0 Å². The van der Waals surface area contributed by atoms with Crippen LogP contribution in [0, 0.1) is 0 Å². The molecule has 1 aliphatic heterocycles. The molecule has 0 aromatic heterocycles. The number of hydrazine groups is 2. The van der Waals surface area contributed by atoms with Crippen LogP contribution in [0.2, 0.25) is 0 Å². The third kappa shape index (κ3) is 4.72.